The smallest absolute Gasteiger partial charge is 0.123 e. The molecule has 0 unspecified atom stereocenters. The van der Waals surface area contributed by atoms with E-state index < -0.39 is 0 Å². The molecule has 1 nitrogen and oxygen atoms in total. The maximum absolute atomic E-state index is 13.0. The first-order valence-corrected chi connectivity index (χ1v) is 6.69. The summed E-state index contributed by atoms with van der Waals surface area (Å²) >= 11 is 0. The SMILES string of the molecule is CC(C)Nc1ccccc1[C@@H](C)c1ccc(F)cc1. The van der Waals surface area contributed by atoms with E-state index in [0.29, 0.717) is 6.04 Å². The van der Waals surface area contributed by atoms with Crippen molar-refractivity contribution in [1.29, 1.82) is 0 Å². The van der Waals surface area contributed by atoms with Crippen LogP contribution in [-0.2, 0) is 0 Å². The zero-order chi connectivity index (χ0) is 13.8. The van der Waals surface area contributed by atoms with Crippen LogP contribution in [0.2, 0.25) is 0 Å². The Labute approximate surface area is 114 Å². The number of hydrogen-bond donors (Lipinski definition) is 1. The number of nitrogens with one attached hydrogen (secondary N) is 1. The molecule has 2 aromatic carbocycles. The van der Waals surface area contributed by atoms with Crippen LogP contribution < -0.4 is 5.32 Å². The van der Waals surface area contributed by atoms with E-state index in [1.165, 1.54) is 17.7 Å². The molecule has 2 rings (SSSR count). The minimum Gasteiger partial charge on any atom is -0.383 e. The van der Waals surface area contributed by atoms with Gasteiger partial charge in [0, 0.05) is 17.6 Å². The zero-order valence-electron chi connectivity index (χ0n) is 11.7. The van der Waals surface area contributed by atoms with Crippen LogP contribution in [0.4, 0.5) is 10.1 Å². The molecule has 2 heteroatoms. The highest BCUT2D eigenvalue weighted by atomic mass is 19.1. The normalized spacial score (nSPS) is 12.5. The largest absolute Gasteiger partial charge is 0.383 e. The standard InChI is InChI=1S/C17H20FN/c1-12(2)19-17-7-5-4-6-16(17)13(3)14-8-10-15(18)11-9-14/h4-13,19H,1-3H3/t13-/m0/s1. The van der Waals surface area contributed by atoms with Crippen molar-refractivity contribution in [2.24, 2.45) is 0 Å². The fraction of sp³-hybridized carbons (Fsp3) is 0.294. The Morgan fingerprint density at radius 1 is 0.895 bits per heavy atom. The maximum Gasteiger partial charge on any atom is 0.123 e. The maximum atomic E-state index is 13.0. The number of para-hydroxylation sites is 1. The summed E-state index contributed by atoms with van der Waals surface area (Å²) in [5.41, 5.74) is 3.51. The van der Waals surface area contributed by atoms with E-state index in [0.717, 1.165) is 11.3 Å². The van der Waals surface area contributed by atoms with Crippen molar-refractivity contribution in [3.05, 3.63) is 65.5 Å². The molecule has 0 spiro atoms. The highest BCUT2D eigenvalue weighted by Crippen LogP contribution is 2.30. The second kappa shape index (κ2) is 5.87. The highest BCUT2D eigenvalue weighted by molar-refractivity contribution is 5.55. The van der Waals surface area contributed by atoms with E-state index in [2.05, 4.69) is 38.2 Å². The molecule has 0 saturated heterocycles. The number of hydrogen-bond acceptors (Lipinski definition) is 1. The molecule has 0 radical (unpaired) electrons. The summed E-state index contributed by atoms with van der Waals surface area (Å²) in [5.74, 6) is 0.0487. The predicted molar refractivity (Wildman–Crippen MR) is 79.1 cm³/mol. The summed E-state index contributed by atoms with van der Waals surface area (Å²) in [7, 11) is 0. The van der Waals surface area contributed by atoms with E-state index in [4.69, 9.17) is 0 Å². The predicted octanol–water partition coefficient (Wildman–Crippen LogP) is 4.80. The lowest BCUT2D eigenvalue weighted by molar-refractivity contribution is 0.626. The molecular weight excluding hydrogens is 237 g/mol. The second-order valence-electron chi connectivity index (χ2n) is 5.16. The van der Waals surface area contributed by atoms with Gasteiger partial charge in [0.05, 0.1) is 0 Å². The average Bonchev–Trinajstić information content (AvgIpc) is 2.39. The van der Waals surface area contributed by atoms with E-state index in [-0.39, 0.29) is 11.7 Å². The van der Waals surface area contributed by atoms with Crippen molar-refractivity contribution >= 4 is 5.69 Å². The summed E-state index contributed by atoms with van der Waals surface area (Å²) in [6.07, 6.45) is 0. The Bertz CT molecular complexity index is 531. The van der Waals surface area contributed by atoms with Crippen LogP contribution in [0.25, 0.3) is 0 Å². The molecule has 0 amide bonds. The van der Waals surface area contributed by atoms with E-state index in [1.54, 1.807) is 0 Å². The van der Waals surface area contributed by atoms with Gasteiger partial charge >= 0.3 is 0 Å². The minimum absolute atomic E-state index is 0.190. The van der Waals surface area contributed by atoms with Crippen LogP contribution in [0.3, 0.4) is 0 Å². The summed E-state index contributed by atoms with van der Waals surface area (Å²) in [6, 6.07) is 15.4. The fourth-order valence-corrected chi connectivity index (χ4v) is 2.25. The van der Waals surface area contributed by atoms with Gasteiger partial charge in [-0.3, -0.25) is 0 Å². The lowest BCUT2D eigenvalue weighted by atomic mass is 9.91. The van der Waals surface area contributed by atoms with Gasteiger partial charge in [-0.05, 0) is 43.2 Å². The molecule has 0 fully saturated rings. The highest BCUT2D eigenvalue weighted by Gasteiger charge is 2.12. The van der Waals surface area contributed by atoms with Gasteiger partial charge in [-0.15, -0.1) is 0 Å². The van der Waals surface area contributed by atoms with Crippen molar-refractivity contribution in [2.75, 3.05) is 5.32 Å². The van der Waals surface area contributed by atoms with Crippen LogP contribution in [0.15, 0.2) is 48.5 Å². The first-order valence-electron chi connectivity index (χ1n) is 6.69. The quantitative estimate of drug-likeness (QED) is 0.829. The lowest BCUT2D eigenvalue weighted by Crippen LogP contribution is -2.12. The van der Waals surface area contributed by atoms with Gasteiger partial charge in [0.1, 0.15) is 5.82 Å². The molecule has 0 aliphatic rings. The van der Waals surface area contributed by atoms with Crippen molar-refractivity contribution in [1.82, 2.24) is 0 Å². The molecule has 0 aliphatic heterocycles. The molecule has 0 saturated carbocycles. The molecule has 100 valence electrons. The Balaban J connectivity index is 2.32. The molecule has 1 atom stereocenters. The van der Waals surface area contributed by atoms with Crippen LogP contribution in [0.5, 0.6) is 0 Å². The molecule has 0 aliphatic carbocycles. The molecule has 1 N–H and O–H groups in total. The third-order valence-electron chi connectivity index (χ3n) is 3.24. The third kappa shape index (κ3) is 3.34. The molecular formula is C17H20FN. The third-order valence-corrected chi connectivity index (χ3v) is 3.24. The number of benzene rings is 2. The van der Waals surface area contributed by atoms with Gasteiger partial charge in [-0.25, -0.2) is 4.39 Å². The Morgan fingerprint density at radius 2 is 1.53 bits per heavy atom. The molecule has 0 bridgehead atoms. The van der Waals surface area contributed by atoms with E-state index in [9.17, 15) is 4.39 Å². The van der Waals surface area contributed by atoms with Gasteiger partial charge in [-0.2, -0.15) is 0 Å². The Kier molecular flexibility index (Phi) is 4.20. The van der Waals surface area contributed by atoms with Crippen molar-refractivity contribution in [2.45, 2.75) is 32.7 Å². The van der Waals surface area contributed by atoms with Gasteiger partial charge in [0.25, 0.3) is 0 Å². The number of halogens is 1. The molecule has 19 heavy (non-hydrogen) atoms. The van der Waals surface area contributed by atoms with Crippen LogP contribution >= 0.6 is 0 Å². The van der Waals surface area contributed by atoms with Gasteiger partial charge in [0.15, 0.2) is 0 Å². The number of anilines is 1. The molecule has 0 aromatic heterocycles. The minimum atomic E-state index is -0.190. The van der Waals surface area contributed by atoms with Gasteiger partial charge in [0.2, 0.25) is 0 Å². The zero-order valence-corrected chi connectivity index (χ0v) is 11.7. The van der Waals surface area contributed by atoms with Gasteiger partial charge < -0.3 is 5.32 Å². The number of rotatable bonds is 4. The van der Waals surface area contributed by atoms with E-state index in [1.807, 2.05) is 24.3 Å². The fourth-order valence-electron chi connectivity index (χ4n) is 2.25. The Morgan fingerprint density at radius 3 is 2.16 bits per heavy atom. The topological polar surface area (TPSA) is 12.0 Å². The second-order valence-corrected chi connectivity index (χ2v) is 5.16. The van der Waals surface area contributed by atoms with Crippen molar-refractivity contribution in [3.63, 3.8) is 0 Å². The molecule has 0 heterocycles. The van der Waals surface area contributed by atoms with Gasteiger partial charge in [-0.1, -0.05) is 37.3 Å². The monoisotopic (exact) mass is 257 g/mol. The van der Waals surface area contributed by atoms with Crippen molar-refractivity contribution in [3.8, 4) is 0 Å². The first kappa shape index (κ1) is 13.6. The Hall–Kier alpha value is -1.83. The van der Waals surface area contributed by atoms with Crippen LogP contribution in [0.1, 0.15) is 37.8 Å². The average molecular weight is 257 g/mol. The van der Waals surface area contributed by atoms with Crippen LogP contribution in [0, 0.1) is 5.82 Å². The van der Waals surface area contributed by atoms with E-state index >= 15 is 0 Å². The van der Waals surface area contributed by atoms with Crippen molar-refractivity contribution < 1.29 is 4.39 Å². The summed E-state index contributed by atoms with van der Waals surface area (Å²) in [6.45, 7) is 6.40. The summed E-state index contributed by atoms with van der Waals surface area (Å²) < 4.78 is 13.0. The lowest BCUT2D eigenvalue weighted by Gasteiger charge is -2.19. The van der Waals surface area contributed by atoms with Crippen LogP contribution in [-0.4, -0.2) is 6.04 Å². The molecule has 2 aromatic rings. The first-order chi connectivity index (χ1) is 9.08. The summed E-state index contributed by atoms with van der Waals surface area (Å²) in [4.78, 5) is 0. The summed E-state index contributed by atoms with van der Waals surface area (Å²) in [5, 5.41) is 3.46.